The molecule has 0 spiro atoms. The van der Waals surface area contributed by atoms with Gasteiger partial charge in [-0.3, -0.25) is 0 Å². The molecule has 0 aromatic heterocycles. The summed E-state index contributed by atoms with van der Waals surface area (Å²) in [5, 5.41) is 0. The van der Waals surface area contributed by atoms with E-state index >= 15 is 0 Å². The third-order valence-corrected chi connectivity index (χ3v) is 4.33. The van der Waals surface area contributed by atoms with E-state index in [2.05, 4.69) is 42.3 Å². The van der Waals surface area contributed by atoms with Crippen LogP contribution < -0.4 is 5.73 Å². The Morgan fingerprint density at radius 2 is 1.89 bits per heavy atom. The number of hydrogen-bond acceptors (Lipinski definition) is 2. The third kappa shape index (κ3) is 3.56. The van der Waals surface area contributed by atoms with E-state index in [-0.39, 0.29) is 0 Å². The molecule has 0 heterocycles. The van der Waals surface area contributed by atoms with Crippen molar-refractivity contribution in [3.05, 3.63) is 35.9 Å². The van der Waals surface area contributed by atoms with Gasteiger partial charge < -0.3 is 10.6 Å². The van der Waals surface area contributed by atoms with E-state index < -0.39 is 0 Å². The summed E-state index contributed by atoms with van der Waals surface area (Å²) in [6, 6.07) is 11.5. The molecule has 2 nitrogen and oxygen atoms in total. The van der Waals surface area contributed by atoms with Gasteiger partial charge in [-0.1, -0.05) is 43.2 Å². The maximum absolute atomic E-state index is 5.91. The molecule has 1 aliphatic rings. The number of benzene rings is 1. The first-order valence-electron chi connectivity index (χ1n) is 7.25. The van der Waals surface area contributed by atoms with Crippen molar-refractivity contribution < 1.29 is 0 Å². The fraction of sp³-hybridized carbons (Fsp3) is 0.625. The van der Waals surface area contributed by atoms with Crippen LogP contribution in [0, 0.1) is 5.92 Å². The summed E-state index contributed by atoms with van der Waals surface area (Å²) in [5.41, 5.74) is 7.35. The van der Waals surface area contributed by atoms with Crippen molar-refractivity contribution in [1.29, 1.82) is 0 Å². The van der Waals surface area contributed by atoms with Gasteiger partial charge in [0, 0.05) is 12.6 Å². The van der Waals surface area contributed by atoms with Crippen LogP contribution in [0.4, 0.5) is 0 Å². The summed E-state index contributed by atoms with van der Waals surface area (Å²) in [6.07, 6.45) is 6.52. The minimum Gasteiger partial charge on any atom is -0.330 e. The normalized spacial score (nSPS) is 24.4. The lowest BCUT2D eigenvalue weighted by molar-refractivity contribution is 0.135. The van der Waals surface area contributed by atoms with Gasteiger partial charge >= 0.3 is 0 Å². The monoisotopic (exact) mass is 246 g/mol. The fourth-order valence-electron chi connectivity index (χ4n) is 3.16. The molecule has 2 rings (SSSR count). The summed E-state index contributed by atoms with van der Waals surface area (Å²) in [5.74, 6) is 0.708. The van der Waals surface area contributed by atoms with Crippen molar-refractivity contribution in [2.45, 2.75) is 38.1 Å². The van der Waals surface area contributed by atoms with Gasteiger partial charge in [0.15, 0.2) is 0 Å². The Bertz CT molecular complexity index is 336. The summed E-state index contributed by atoms with van der Waals surface area (Å²) in [4.78, 5) is 2.53. The SMILES string of the molecule is CN(CCc1ccccc1)C1CCCCC1CN. The van der Waals surface area contributed by atoms with Crippen LogP contribution in [0.1, 0.15) is 31.2 Å². The Balaban J connectivity index is 1.85. The van der Waals surface area contributed by atoms with Crippen LogP contribution in [0.2, 0.25) is 0 Å². The Morgan fingerprint density at radius 1 is 1.17 bits per heavy atom. The van der Waals surface area contributed by atoms with Crippen LogP contribution in [0.25, 0.3) is 0 Å². The predicted molar refractivity (Wildman–Crippen MR) is 77.6 cm³/mol. The van der Waals surface area contributed by atoms with Crippen molar-refractivity contribution >= 4 is 0 Å². The Morgan fingerprint density at radius 3 is 2.61 bits per heavy atom. The van der Waals surface area contributed by atoms with E-state index in [4.69, 9.17) is 5.73 Å². The lowest BCUT2D eigenvalue weighted by Crippen LogP contribution is -2.43. The molecule has 2 heteroatoms. The standard InChI is InChI=1S/C16H26N2/c1-18(12-11-14-7-3-2-4-8-14)16-10-6-5-9-15(16)13-17/h2-4,7-8,15-16H,5-6,9-13,17H2,1H3. The molecule has 0 radical (unpaired) electrons. The number of nitrogens with two attached hydrogens (primary N) is 1. The quantitative estimate of drug-likeness (QED) is 0.865. The van der Waals surface area contributed by atoms with E-state index in [0.29, 0.717) is 12.0 Å². The summed E-state index contributed by atoms with van der Waals surface area (Å²) in [7, 11) is 2.27. The van der Waals surface area contributed by atoms with Gasteiger partial charge in [0.2, 0.25) is 0 Å². The topological polar surface area (TPSA) is 29.3 Å². The molecule has 0 saturated heterocycles. The van der Waals surface area contributed by atoms with Gasteiger partial charge in [-0.2, -0.15) is 0 Å². The van der Waals surface area contributed by atoms with E-state index in [1.54, 1.807) is 0 Å². The molecule has 18 heavy (non-hydrogen) atoms. The molecule has 1 aromatic carbocycles. The number of nitrogens with zero attached hydrogens (tertiary/aromatic N) is 1. The molecule has 1 saturated carbocycles. The van der Waals surface area contributed by atoms with Crippen molar-refractivity contribution in [2.24, 2.45) is 11.7 Å². The van der Waals surface area contributed by atoms with Crippen LogP contribution in [0.15, 0.2) is 30.3 Å². The van der Waals surface area contributed by atoms with E-state index in [1.807, 2.05) is 0 Å². The van der Waals surface area contributed by atoms with E-state index in [1.165, 1.54) is 31.2 Å². The van der Waals surface area contributed by atoms with Crippen molar-refractivity contribution in [1.82, 2.24) is 4.90 Å². The van der Waals surface area contributed by atoms with Gasteiger partial charge in [0.1, 0.15) is 0 Å². The molecule has 2 N–H and O–H groups in total. The number of hydrogen-bond donors (Lipinski definition) is 1. The number of likely N-dealkylation sites (N-methyl/N-ethyl adjacent to an activating group) is 1. The highest BCUT2D eigenvalue weighted by Crippen LogP contribution is 2.27. The maximum Gasteiger partial charge on any atom is 0.0133 e. The van der Waals surface area contributed by atoms with Crippen LogP contribution >= 0.6 is 0 Å². The zero-order valence-electron chi connectivity index (χ0n) is 11.5. The van der Waals surface area contributed by atoms with E-state index in [0.717, 1.165) is 19.5 Å². The molecule has 100 valence electrons. The molecule has 0 bridgehead atoms. The Hall–Kier alpha value is -0.860. The van der Waals surface area contributed by atoms with Crippen molar-refractivity contribution in [2.75, 3.05) is 20.1 Å². The van der Waals surface area contributed by atoms with Crippen molar-refractivity contribution in [3.63, 3.8) is 0 Å². The Kier molecular flexibility index (Phi) is 5.21. The first-order valence-corrected chi connectivity index (χ1v) is 7.25. The van der Waals surface area contributed by atoms with Crippen LogP contribution in [0.3, 0.4) is 0 Å². The number of rotatable bonds is 5. The molecule has 1 fully saturated rings. The predicted octanol–water partition coefficient (Wildman–Crippen LogP) is 2.68. The highest BCUT2D eigenvalue weighted by molar-refractivity contribution is 5.14. The van der Waals surface area contributed by atoms with Crippen molar-refractivity contribution in [3.8, 4) is 0 Å². The molecular formula is C16H26N2. The second-order valence-electron chi connectivity index (χ2n) is 5.56. The molecular weight excluding hydrogens is 220 g/mol. The first-order chi connectivity index (χ1) is 8.81. The molecule has 1 aromatic rings. The molecule has 0 aliphatic heterocycles. The Labute approximate surface area is 111 Å². The van der Waals surface area contributed by atoms with Gasteiger partial charge in [0.05, 0.1) is 0 Å². The summed E-state index contributed by atoms with van der Waals surface area (Å²) >= 11 is 0. The summed E-state index contributed by atoms with van der Waals surface area (Å²) < 4.78 is 0. The fourth-order valence-corrected chi connectivity index (χ4v) is 3.16. The van der Waals surface area contributed by atoms with Crippen LogP contribution in [-0.2, 0) is 6.42 Å². The highest BCUT2D eigenvalue weighted by atomic mass is 15.1. The molecule has 1 aliphatic carbocycles. The van der Waals surface area contributed by atoms with Gasteiger partial charge in [-0.05, 0) is 44.3 Å². The molecule has 2 atom stereocenters. The zero-order chi connectivity index (χ0) is 12.8. The largest absolute Gasteiger partial charge is 0.330 e. The average Bonchev–Trinajstić information content (AvgIpc) is 2.45. The zero-order valence-corrected chi connectivity index (χ0v) is 11.5. The summed E-state index contributed by atoms with van der Waals surface area (Å²) in [6.45, 7) is 1.99. The lowest BCUT2D eigenvalue weighted by atomic mass is 9.83. The third-order valence-electron chi connectivity index (χ3n) is 4.33. The first kappa shape index (κ1) is 13.6. The highest BCUT2D eigenvalue weighted by Gasteiger charge is 2.26. The van der Waals surface area contributed by atoms with Crippen LogP contribution in [0.5, 0.6) is 0 Å². The van der Waals surface area contributed by atoms with Crippen LogP contribution in [-0.4, -0.2) is 31.1 Å². The molecule has 2 unspecified atom stereocenters. The smallest absolute Gasteiger partial charge is 0.0133 e. The maximum atomic E-state index is 5.91. The average molecular weight is 246 g/mol. The second kappa shape index (κ2) is 6.91. The minimum absolute atomic E-state index is 0.701. The van der Waals surface area contributed by atoms with Gasteiger partial charge in [0.25, 0.3) is 0 Å². The van der Waals surface area contributed by atoms with Gasteiger partial charge in [-0.25, -0.2) is 0 Å². The lowest BCUT2D eigenvalue weighted by Gasteiger charge is -2.37. The minimum atomic E-state index is 0.701. The second-order valence-corrected chi connectivity index (χ2v) is 5.56. The van der Waals surface area contributed by atoms with Gasteiger partial charge in [-0.15, -0.1) is 0 Å². The molecule has 0 amide bonds. The van der Waals surface area contributed by atoms with E-state index in [9.17, 15) is 0 Å².